The van der Waals surface area contributed by atoms with E-state index in [2.05, 4.69) is 21.2 Å². The number of hydrogen-bond donors (Lipinski definition) is 1. The van der Waals surface area contributed by atoms with Crippen LogP contribution in [0.15, 0.2) is 40.9 Å². The number of ether oxygens (including phenoxy) is 2. The molecule has 0 aliphatic carbocycles. The van der Waals surface area contributed by atoms with Gasteiger partial charge in [0.15, 0.2) is 0 Å². The number of hydrogen-bond acceptors (Lipinski definition) is 3. The number of aryl methyl sites for hydroxylation is 1. The van der Waals surface area contributed by atoms with Crippen LogP contribution in [0.25, 0.3) is 0 Å². The highest BCUT2D eigenvalue weighted by atomic mass is 79.9. The molecule has 0 saturated carbocycles. The highest BCUT2D eigenvalue weighted by Gasteiger charge is 2.11. The number of nitrogens with one attached hydrogen (secondary N) is 1. The van der Waals surface area contributed by atoms with E-state index in [9.17, 15) is 4.79 Å². The summed E-state index contributed by atoms with van der Waals surface area (Å²) in [5.41, 5.74) is 2.58. The van der Waals surface area contributed by atoms with Crippen LogP contribution >= 0.6 is 15.9 Å². The Labute approximate surface area is 138 Å². The molecule has 0 aromatic heterocycles. The molecule has 2 rings (SSSR count). The summed E-state index contributed by atoms with van der Waals surface area (Å²) in [6.07, 6.45) is 0. The first-order valence-corrected chi connectivity index (χ1v) is 7.59. The van der Waals surface area contributed by atoms with Gasteiger partial charge in [0, 0.05) is 11.0 Å². The minimum atomic E-state index is -0.162. The average molecular weight is 364 g/mol. The Morgan fingerprint density at radius 1 is 1.14 bits per heavy atom. The number of benzene rings is 2. The monoisotopic (exact) mass is 363 g/mol. The topological polar surface area (TPSA) is 47.6 Å². The van der Waals surface area contributed by atoms with Crippen molar-refractivity contribution >= 4 is 21.8 Å². The molecule has 0 radical (unpaired) electrons. The van der Waals surface area contributed by atoms with E-state index < -0.39 is 0 Å². The third-order valence-corrected chi connectivity index (χ3v) is 4.04. The first-order chi connectivity index (χ1) is 10.5. The second kappa shape index (κ2) is 7.31. The third kappa shape index (κ3) is 3.80. The molecule has 0 unspecified atom stereocenters. The molecule has 0 saturated heterocycles. The van der Waals surface area contributed by atoms with Crippen LogP contribution in [-0.2, 0) is 6.54 Å². The third-order valence-electron chi connectivity index (χ3n) is 3.34. The van der Waals surface area contributed by atoms with Crippen LogP contribution in [0.3, 0.4) is 0 Å². The zero-order chi connectivity index (χ0) is 16.1. The predicted octanol–water partition coefficient (Wildman–Crippen LogP) is 3.70. The standard InChI is InChI=1S/C17H18BrNO3/c1-11-4-5-12(8-16(11)22-3)10-19-17(20)14-9-13(21-2)6-7-15(14)18/h4-9H,10H2,1-3H3,(H,19,20). The molecule has 0 atom stereocenters. The van der Waals surface area contributed by atoms with Gasteiger partial charge in [0.1, 0.15) is 11.5 Å². The predicted molar refractivity (Wildman–Crippen MR) is 89.6 cm³/mol. The smallest absolute Gasteiger partial charge is 0.252 e. The van der Waals surface area contributed by atoms with Crippen molar-refractivity contribution in [3.63, 3.8) is 0 Å². The van der Waals surface area contributed by atoms with Crippen molar-refractivity contribution in [1.29, 1.82) is 0 Å². The first-order valence-electron chi connectivity index (χ1n) is 6.80. The molecular formula is C17H18BrNO3. The Balaban J connectivity index is 2.10. The molecule has 0 heterocycles. The number of carbonyl (C=O) groups excluding carboxylic acids is 1. The number of amides is 1. The minimum absolute atomic E-state index is 0.162. The van der Waals surface area contributed by atoms with Crippen LogP contribution in [-0.4, -0.2) is 20.1 Å². The van der Waals surface area contributed by atoms with E-state index in [0.29, 0.717) is 17.9 Å². The van der Waals surface area contributed by atoms with Gasteiger partial charge < -0.3 is 14.8 Å². The number of carbonyl (C=O) groups is 1. The lowest BCUT2D eigenvalue weighted by atomic mass is 10.1. The van der Waals surface area contributed by atoms with E-state index >= 15 is 0 Å². The maximum absolute atomic E-state index is 12.3. The molecule has 2 aromatic rings. The van der Waals surface area contributed by atoms with Crippen molar-refractivity contribution in [2.24, 2.45) is 0 Å². The molecule has 0 spiro atoms. The maximum atomic E-state index is 12.3. The average Bonchev–Trinajstić information content (AvgIpc) is 2.54. The van der Waals surface area contributed by atoms with Gasteiger partial charge in [-0.3, -0.25) is 4.79 Å². The molecular weight excluding hydrogens is 346 g/mol. The Bertz CT molecular complexity index is 686. The fraction of sp³-hybridized carbons (Fsp3) is 0.235. The largest absolute Gasteiger partial charge is 0.497 e. The Morgan fingerprint density at radius 3 is 2.59 bits per heavy atom. The first kappa shape index (κ1) is 16.4. The molecule has 116 valence electrons. The zero-order valence-electron chi connectivity index (χ0n) is 12.8. The van der Waals surface area contributed by atoms with Crippen LogP contribution in [0.5, 0.6) is 11.5 Å². The van der Waals surface area contributed by atoms with Gasteiger partial charge >= 0.3 is 0 Å². The van der Waals surface area contributed by atoms with Crippen LogP contribution in [0.4, 0.5) is 0 Å². The van der Waals surface area contributed by atoms with E-state index in [4.69, 9.17) is 9.47 Å². The fourth-order valence-corrected chi connectivity index (χ4v) is 2.48. The van der Waals surface area contributed by atoms with Gasteiger partial charge in [0.05, 0.1) is 19.8 Å². The van der Waals surface area contributed by atoms with Crippen molar-refractivity contribution in [3.8, 4) is 11.5 Å². The van der Waals surface area contributed by atoms with E-state index in [1.165, 1.54) is 0 Å². The van der Waals surface area contributed by atoms with E-state index in [0.717, 1.165) is 21.3 Å². The van der Waals surface area contributed by atoms with Gasteiger partial charge in [-0.05, 0) is 58.2 Å². The number of halogens is 1. The van der Waals surface area contributed by atoms with Crippen molar-refractivity contribution in [3.05, 3.63) is 57.6 Å². The summed E-state index contributed by atoms with van der Waals surface area (Å²) in [6, 6.07) is 11.2. The lowest BCUT2D eigenvalue weighted by molar-refractivity contribution is 0.0949. The summed E-state index contributed by atoms with van der Waals surface area (Å²) in [5, 5.41) is 2.90. The Morgan fingerprint density at radius 2 is 1.91 bits per heavy atom. The highest BCUT2D eigenvalue weighted by molar-refractivity contribution is 9.10. The van der Waals surface area contributed by atoms with Gasteiger partial charge in [0.25, 0.3) is 5.91 Å². The summed E-state index contributed by atoms with van der Waals surface area (Å²) in [6.45, 7) is 2.41. The normalized spacial score (nSPS) is 10.2. The van der Waals surface area contributed by atoms with Gasteiger partial charge in [-0.2, -0.15) is 0 Å². The van der Waals surface area contributed by atoms with Crippen LogP contribution < -0.4 is 14.8 Å². The summed E-state index contributed by atoms with van der Waals surface area (Å²) < 4.78 is 11.2. The Hall–Kier alpha value is -2.01. The second-order valence-corrected chi connectivity index (χ2v) is 5.69. The van der Waals surface area contributed by atoms with Gasteiger partial charge in [0.2, 0.25) is 0 Å². The summed E-state index contributed by atoms with van der Waals surface area (Å²) in [4.78, 5) is 12.3. The molecule has 1 amide bonds. The summed E-state index contributed by atoms with van der Waals surface area (Å²) >= 11 is 3.38. The maximum Gasteiger partial charge on any atom is 0.252 e. The minimum Gasteiger partial charge on any atom is -0.497 e. The molecule has 2 aromatic carbocycles. The molecule has 5 heteroatoms. The number of methoxy groups -OCH3 is 2. The van der Waals surface area contributed by atoms with E-state index in [-0.39, 0.29) is 5.91 Å². The van der Waals surface area contributed by atoms with E-state index in [1.54, 1.807) is 32.4 Å². The molecule has 0 bridgehead atoms. The molecule has 0 fully saturated rings. The summed E-state index contributed by atoms with van der Waals surface area (Å²) in [7, 11) is 3.21. The van der Waals surface area contributed by atoms with Crippen molar-refractivity contribution < 1.29 is 14.3 Å². The van der Waals surface area contributed by atoms with Gasteiger partial charge in [-0.15, -0.1) is 0 Å². The van der Waals surface area contributed by atoms with Crippen LogP contribution in [0, 0.1) is 6.92 Å². The lowest BCUT2D eigenvalue weighted by Crippen LogP contribution is -2.23. The summed E-state index contributed by atoms with van der Waals surface area (Å²) in [5.74, 6) is 1.30. The molecule has 0 aliphatic heterocycles. The lowest BCUT2D eigenvalue weighted by Gasteiger charge is -2.10. The number of rotatable bonds is 5. The molecule has 0 aliphatic rings. The van der Waals surface area contributed by atoms with Crippen LogP contribution in [0.2, 0.25) is 0 Å². The second-order valence-electron chi connectivity index (χ2n) is 4.83. The fourth-order valence-electron chi connectivity index (χ4n) is 2.06. The molecule has 4 nitrogen and oxygen atoms in total. The van der Waals surface area contributed by atoms with Crippen molar-refractivity contribution in [2.45, 2.75) is 13.5 Å². The molecule has 22 heavy (non-hydrogen) atoms. The SMILES string of the molecule is COc1ccc(Br)c(C(=O)NCc2ccc(C)c(OC)c2)c1. The van der Waals surface area contributed by atoms with Crippen molar-refractivity contribution in [2.75, 3.05) is 14.2 Å². The molecule has 1 N–H and O–H groups in total. The van der Waals surface area contributed by atoms with E-state index in [1.807, 2.05) is 25.1 Å². The quantitative estimate of drug-likeness (QED) is 0.880. The zero-order valence-corrected chi connectivity index (χ0v) is 14.4. The highest BCUT2D eigenvalue weighted by Crippen LogP contribution is 2.23. The Kier molecular flexibility index (Phi) is 5.44. The van der Waals surface area contributed by atoms with Gasteiger partial charge in [-0.1, -0.05) is 12.1 Å². The van der Waals surface area contributed by atoms with Crippen molar-refractivity contribution in [1.82, 2.24) is 5.32 Å². The van der Waals surface area contributed by atoms with Gasteiger partial charge in [-0.25, -0.2) is 0 Å². The van der Waals surface area contributed by atoms with Crippen LogP contribution in [0.1, 0.15) is 21.5 Å².